The zero-order valence-corrected chi connectivity index (χ0v) is 23.7. The highest BCUT2D eigenvalue weighted by molar-refractivity contribution is 9.10. The summed E-state index contributed by atoms with van der Waals surface area (Å²) < 4.78 is 39.9. The lowest BCUT2D eigenvalue weighted by atomic mass is 10.0. The molecule has 0 radical (unpaired) electrons. The summed E-state index contributed by atoms with van der Waals surface area (Å²) in [5.41, 5.74) is 4.50. The maximum absolute atomic E-state index is 13.0. The van der Waals surface area contributed by atoms with Gasteiger partial charge in [0.25, 0.3) is 0 Å². The van der Waals surface area contributed by atoms with Gasteiger partial charge in [-0.25, -0.2) is 23.4 Å². The molecule has 1 amide bonds. The SMILES string of the molecule is CCOc1cc(/C=N\NC(=O)C[C@@H](NS(=O)(=O)c2ccc(C)cc2)c2ccccc2)cc(Br)c1OCC(=O)O. The minimum atomic E-state index is -3.90. The second-order valence-corrected chi connectivity index (χ2v) is 10.9. The second kappa shape index (κ2) is 13.9. The van der Waals surface area contributed by atoms with Crippen LogP contribution in [0.15, 0.2) is 81.2 Å². The molecule has 3 N–H and O–H groups in total. The Kier molecular flexibility index (Phi) is 10.6. The number of carboxylic acids is 1. The van der Waals surface area contributed by atoms with E-state index >= 15 is 0 Å². The number of hydrogen-bond acceptors (Lipinski definition) is 7. The molecule has 0 saturated heterocycles. The molecule has 0 aliphatic rings. The first kappa shape index (κ1) is 29.8. The standard InChI is InChI=1S/C27H28BrN3O7S/c1-3-37-24-14-19(13-22(28)27(24)38-17-26(33)34)16-29-30-25(32)15-23(20-7-5-4-6-8-20)31-39(35,36)21-11-9-18(2)10-12-21/h4-14,16,23,31H,3,15,17H2,1-2H3,(H,30,32)(H,33,34)/b29-16-/t23-/m1/s1. The first-order chi connectivity index (χ1) is 18.6. The number of ether oxygens (including phenoxy) is 2. The van der Waals surface area contributed by atoms with Gasteiger partial charge in [0, 0.05) is 6.42 Å². The molecule has 0 heterocycles. The van der Waals surface area contributed by atoms with Crippen LogP contribution in [0.25, 0.3) is 0 Å². The van der Waals surface area contributed by atoms with Crippen molar-refractivity contribution < 1.29 is 32.6 Å². The number of carbonyl (C=O) groups is 2. The highest BCUT2D eigenvalue weighted by Gasteiger charge is 2.23. The fraction of sp³-hybridized carbons (Fsp3) is 0.222. The number of amides is 1. The van der Waals surface area contributed by atoms with E-state index in [9.17, 15) is 18.0 Å². The van der Waals surface area contributed by atoms with Crippen molar-refractivity contribution in [2.75, 3.05) is 13.2 Å². The number of sulfonamides is 1. The highest BCUT2D eigenvalue weighted by Crippen LogP contribution is 2.36. The molecule has 1 atom stereocenters. The van der Waals surface area contributed by atoms with Gasteiger partial charge in [0.05, 0.1) is 28.2 Å². The summed E-state index contributed by atoms with van der Waals surface area (Å²) in [4.78, 5) is 23.7. The minimum Gasteiger partial charge on any atom is -0.490 e. The Bertz CT molecular complexity index is 1430. The molecule has 3 aromatic rings. The Balaban J connectivity index is 1.74. The van der Waals surface area contributed by atoms with Gasteiger partial charge >= 0.3 is 5.97 Å². The van der Waals surface area contributed by atoms with E-state index < -0.39 is 34.5 Å². The zero-order valence-electron chi connectivity index (χ0n) is 21.3. The fourth-order valence-corrected chi connectivity index (χ4v) is 5.29. The first-order valence-corrected chi connectivity index (χ1v) is 14.1. The molecule has 0 fully saturated rings. The Hall–Kier alpha value is -3.74. The average molecular weight is 619 g/mol. The Morgan fingerprint density at radius 1 is 1.08 bits per heavy atom. The topological polar surface area (TPSA) is 143 Å². The Morgan fingerprint density at radius 3 is 2.41 bits per heavy atom. The van der Waals surface area contributed by atoms with Crippen LogP contribution in [0.2, 0.25) is 0 Å². The monoisotopic (exact) mass is 617 g/mol. The molecule has 206 valence electrons. The van der Waals surface area contributed by atoms with Gasteiger partial charge in [0.1, 0.15) is 0 Å². The number of hydrogen-bond donors (Lipinski definition) is 3. The van der Waals surface area contributed by atoms with Crippen molar-refractivity contribution in [3.63, 3.8) is 0 Å². The van der Waals surface area contributed by atoms with Crippen molar-refractivity contribution in [2.45, 2.75) is 31.2 Å². The molecule has 0 aromatic heterocycles. The molecule has 0 aliphatic heterocycles. The van der Waals surface area contributed by atoms with Crippen LogP contribution in [0, 0.1) is 6.92 Å². The van der Waals surface area contributed by atoms with Gasteiger partial charge in [-0.3, -0.25) is 4.79 Å². The number of rotatable bonds is 13. The number of halogens is 1. The number of aliphatic carboxylic acids is 1. The zero-order chi connectivity index (χ0) is 28.4. The van der Waals surface area contributed by atoms with Gasteiger partial charge in [0.2, 0.25) is 15.9 Å². The van der Waals surface area contributed by atoms with Gasteiger partial charge in [-0.1, -0.05) is 48.0 Å². The van der Waals surface area contributed by atoms with E-state index in [1.54, 1.807) is 61.5 Å². The minimum absolute atomic E-state index is 0.0962. The molecule has 12 heteroatoms. The molecule has 10 nitrogen and oxygen atoms in total. The molecule has 0 unspecified atom stereocenters. The van der Waals surface area contributed by atoms with Crippen molar-refractivity contribution in [3.05, 3.63) is 87.9 Å². The number of nitrogens with one attached hydrogen (secondary N) is 2. The lowest BCUT2D eigenvalue weighted by molar-refractivity contribution is -0.139. The van der Waals surface area contributed by atoms with Crippen LogP contribution in [0.1, 0.15) is 36.1 Å². The molecule has 0 bridgehead atoms. The number of nitrogens with zero attached hydrogens (tertiary/aromatic N) is 1. The molecule has 39 heavy (non-hydrogen) atoms. The van der Waals surface area contributed by atoms with Crippen LogP contribution in [-0.2, 0) is 19.6 Å². The van der Waals surface area contributed by atoms with Crippen LogP contribution >= 0.6 is 15.9 Å². The van der Waals surface area contributed by atoms with E-state index in [1.165, 1.54) is 18.3 Å². The number of benzene rings is 3. The summed E-state index contributed by atoms with van der Waals surface area (Å²) in [6.45, 7) is 3.40. The number of carboxylic acid groups (broad SMARTS) is 1. The third kappa shape index (κ3) is 8.91. The lowest BCUT2D eigenvalue weighted by Gasteiger charge is -2.18. The van der Waals surface area contributed by atoms with Crippen molar-refractivity contribution in [1.82, 2.24) is 10.1 Å². The van der Waals surface area contributed by atoms with Crippen LogP contribution < -0.4 is 19.6 Å². The predicted octanol–water partition coefficient (Wildman–Crippen LogP) is 4.18. The van der Waals surface area contributed by atoms with Gasteiger partial charge in [-0.15, -0.1) is 0 Å². The van der Waals surface area contributed by atoms with E-state index in [-0.39, 0.29) is 17.1 Å². The summed E-state index contributed by atoms with van der Waals surface area (Å²) in [7, 11) is -3.90. The summed E-state index contributed by atoms with van der Waals surface area (Å²) in [5, 5.41) is 12.9. The van der Waals surface area contributed by atoms with E-state index in [0.29, 0.717) is 28.0 Å². The number of aryl methyl sites for hydroxylation is 1. The quantitative estimate of drug-likeness (QED) is 0.193. The maximum Gasteiger partial charge on any atom is 0.341 e. The van der Waals surface area contributed by atoms with Gasteiger partial charge in [0.15, 0.2) is 18.1 Å². The van der Waals surface area contributed by atoms with Crippen molar-refractivity contribution in [3.8, 4) is 11.5 Å². The van der Waals surface area contributed by atoms with Crippen molar-refractivity contribution in [1.29, 1.82) is 0 Å². The van der Waals surface area contributed by atoms with Crippen molar-refractivity contribution in [2.24, 2.45) is 5.10 Å². The molecule has 0 aliphatic carbocycles. The van der Waals surface area contributed by atoms with Crippen LogP contribution in [0.4, 0.5) is 0 Å². The number of hydrazone groups is 1. The summed E-state index contributed by atoms with van der Waals surface area (Å²) in [5.74, 6) is -1.12. The third-order valence-corrected chi connectivity index (χ3v) is 7.37. The average Bonchev–Trinajstić information content (AvgIpc) is 2.88. The molecule has 0 saturated carbocycles. The summed E-state index contributed by atoms with van der Waals surface area (Å²) in [6.07, 6.45) is 1.17. The molecule has 3 rings (SSSR count). The molecular weight excluding hydrogens is 590 g/mol. The molecule has 3 aromatic carbocycles. The largest absolute Gasteiger partial charge is 0.490 e. The Morgan fingerprint density at radius 2 is 1.77 bits per heavy atom. The molecular formula is C27H28BrN3O7S. The van der Waals surface area contributed by atoms with Crippen LogP contribution in [-0.4, -0.2) is 44.8 Å². The van der Waals surface area contributed by atoms with Crippen molar-refractivity contribution >= 4 is 44.0 Å². The van der Waals surface area contributed by atoms with Crippen LogP contribution in [0.3, 0.4) is 0 Å². The van der Waals surface area contributed by atoms with Gasteiger partial charge in [-0.2, -0.15) is 5.10 Å². The Labute approximate surface area is 235 Å². The highest BCUT2D eigenvalue weighted by atomic mass is 79.9. The normalized spacial score (nSPS) is 12.2. The lowest BCUT2D eigenvalue weighted by Crippen LogP contribution is -2.32. The van der Waals surface area contributed by atoms with E-state index in [2.05, 4.69) is 31.2 Å². The summed E-state index contributed by atoms with van der Waals surface area (Å²) in [6, 6.07) is 17.6. The summed E-state index contributed by atoms with van der Waals surface area (Å²) >= 11 is 3.34. The second-order valence-electron chi connectivity index (χ2n) is 8.34. The fourth-order valence-electron chi connectivity index (χ4n) is 3.49. The van der Waals surface area contributed by atoms with E-state index in [4.69, 9.17) is 14.6 Å². The van der Waals surface area contributed by atoms with E-state index in [1.807, 2.05) is 6.92 Å². The van der Waals surface area contributed by atoms with Gasteiger partial charge < -0.3 is 14.6 Å². The predicted molar refractivity (Wildman–Crippen MR) is 149 cm³/mol. The first-order valence-electron chi connectivity index (χ1n) is 11.9. The molecule has 0 spiro atoms. The van der Waals surface area contributed by atoms with Gasteiger partial charge in [-0.05, 0) is 65.2 Å². The smallest absolute Gasteiger partial charge is 0.341 e. The van der Waals surface area contributed by atoms with Crippen LogP contribution in [0.5, 0.6) is 11.5 Å². The van der Waals surface area contributed by atoms with E-state index in [0.717, 1.165) is 5.56 Å². The third-order valence-electron chi connectivity index (χ3n) is 5.29. The maximum atomic E-state index is 13.0. The number of carbonyl (C=O) groups excluding carboxylic acids is 1.